The molecule has 0 aliphatic rings. The van der Waals surface area contributed by atoms with Gasteiger partial charge in [-0.15, -0.1) is 11.3 Å². The molecule has 0 radical (unpaired) electrons. The first-order chi connectivity index (χ1) is 8.29. The lowest BCUT2D eigenvalue weighted by Gasteiger charge is -2.03. The molecule has 0 saturated heterocycles. The monoisotopic (exact) mass is 312 g/mol. The number of nitrogens with one attached hydrogen (secondary N) is 1. The van der Waals surface area contributed by atoms with Crippen molar-refractivity contribution in [2.45, 2.75) is 6.42 Å². The molecular weight excluding hydrogens is 300 g/mol. The average Bonchev–Trinajstić information content (AvgIpc) is 2.77. The molecule has 0 bridgehead atoms. The highest BCUT2D eigenvalue weighted by molar-refractivity contribution is 9.10. The number of halogens is 1. The number of thiophene rings is 1. The van der Waals surface area contributed by atoms with Crippen LogP contribution in [0.3, 0.4) is 0 Å². The first kappa shape index (κ1) is 12.5. The van der Waals surface area contributed by atoms with Crippen LogP contribution in [0.1, 0.15) is 6.42 Å². The van der Waals surface area contributed by atoms with Gasteiger partial charge in [-0.05, 0) is 35.0 Å². The van der Waals surface area contributed by atoms with E-state index in [1.807, 2.05) is 17.8 Å². The van der Waals surface area contributed by atoms with Crippen LogP contribution in [0.15, 0.2) is 28.3 Å². The van der Waals surface area contributed by atoms with Crippen LogP contribution < -0.4 is 11.1 Å². The molecule has 2 heterocycles. The van der Waals surface area contributed by atoms with E-state index in [9.17, 15) is 0 Å². The molecule has 2 aromatic rings. The third kappa shape index (κ3) is 3.49. The van der Waals surface area contributed by atoms with Gasteiger partial charge in [0.1, 0.15) is 0 Å². The number of anilines is 1. The fourth-order valence-corrected chi connectivity index (χ4v) is 2.72. The van der Waals surface area contributed by atoms with Gasteiger partial charge in [-0.2, -0.15) is 0 Å². The molecule has 6 heteroatoms. The van der Waals surface area contributed by atoms with Gasteiger partial charge in [0.2, 0.25) is 5.95 Å². The minimum atomic E-state index is 0.651. The Morgan fingerprint density at radius 2 is 2.12 bits per heavy atom. The second-order valence-electron chi connectivity index (χ2n) is 3.49. The molecule has 2 aromatic heterocycles. The van der Waals surface area contributed by atoms with Crippen LogP contribution in [-0.4, -0.2) is 23.1 Å². The predicted molar refractivity (Wildman–Crippen MR) is 75.2 cm³/mol. The smallest absolute Gasteiger partial charge is 0.222 e. The van der Waals surface area contributed by atoms with E-state index in [2.05, 4.69) is 37.3 Å². The summed E-state index contributed by atoms with van der Waals surface area (Å²) in [5.74, 6) is 0.651. The molecule has 3 N–H and O–H groups in total. The van der Waals surface area contributed by atoms with Crippen LogP contribution >= 0.6 is 27.3 Å². The summed E-state index contributed by atoms with van der Waals surface area (Å²) in [7, 11) is 0. The van der Waals surface area contributed by atoms with Crippen molar-refractivity contribution in [1.82, 2.24) is 9.97 Å². The lowest BCUT2D eigenvalue weighted by molar-refractivity contribution is 0.864. The Bertz CT molecular complexity index is 469. The van der Waals surface area contributed by atoms with Crippen LogP contribution in [0.5, 0.6) is 0 Å². The van der Waals surface area contributed by atoms with Crippen molar-refractivity contribution in [2.75, 3.05) is 18.4 Å². The first-order valence-electron chi connectivity index (χ1n) is 5.30. The zero-order valence-electron chi connectivity index (χ0n) is 9.19. The zero-order chi connectivity index (χ0) is 12.1. The number of rotatable bonds is 5. The topological polar surface area (TPSA) is 63.8 Å². The minimum Gasteiger partial charge on any atom is -0.354 e. The van der Waals surface area contributed by atoms with E-state index in [-0.39, 0.29) is 0 Å². The summed E-state index contributed by atoms with van der Waals surface area (Å²) in [5.41, 5.74) is 6.44. The summed E-state index contributed by atoms with van der Waals surface area (Å²) in [6.07, 6.45) is 4.58. The zero-order valence-corrected chi connectivity index (χ0v) is 11.6. The quantitative estimate of drug-likeness (QED) is 0.833. The highest BCUT2D eigenvalue weighted by Gasteiger charge is 2.02. The van der Waals surface area contributed by atoms with E-state index in [0.29, 0.717) is 12.5 Å². The maximum atomic E-state index is 5.41. The highest BCUT2D eigenvalue weighted by atomic mass is 79.9. The van der Waals surface area contributed by atoms with Crippen LogP contribution in [-0.2, 0) is 0 Å². The van der Waals surface area contributed by atoms with Crippen molar-refractivity contribution >= 4 is 33.2 Å². The Balaban J connectivity index is 2.02. The number of nitrogens with two attached hydrogens (primary N) is 1. The number of nitrogens with zero attached hydrogens (tertiary/aromatic N) is 2. The van der Waals surface area contributed by atoms with E-state index >= 15 is 0 Å². The van der Waals surface area contributed by atoms with Gasteiger partial charge in [0, 0.05) is 39.2 Å². The van der Waals surface area contributed by atoms with Crippen LogP contribution in [0, 0.1) is 0 Å². The molecule has 0 unspecified atom stereocenters. The molecule has 0 aliphatic heterocycles. The molecule has 0 spiro atoms. The van der Waals surface area contributed by atoms with E-state index < -0.39 is 0 Å². The Morgan fingerprint density at radius 3 is 2.71 bits per heavy atom. The molecule has 0 aliphatic carbocycles. The Morgan fingerprint density at radius 1 is 1.35 bits per heavy atom. The van der Waals surface area contributed by atoms with E-state index in [4.69, 9.17) is 5.73 Å². The van der Waals surface area contributed by atoms with Gasteiger partial charge in [-0.3, -0.25) is 0 Å². The van der Waals surface area contributed by atoms with Crippen LogP contribution in [0.2, 0.25) is 0 Å². The molecule has 17 heavy (non-hydrogen) atoms. The summed E-state index contributed by atoms with van der Waals surface area (Å²) in [4.78, 5) is 9.69. The second-order valence-corrected chi connectivity index (χ2v) is 5.32. The fraction of sp³-hybridized carbons (Fsp3) is 0.273. The normalized spacial score (nSPS) is 10.5. The van der Waals surface area contributed by atoms with Crippen molar-refractivity contribution in [2.24, 2.45) is 5.73 Å². The SMILES string of the molecule is NCCCNc1ncc(-c2cc(Br)cs2)cn1. The molecular formula is C11H13BrN4S. The average molecular weight is 313 g/mol. The molecule has 2 rings (SSSR count). The van der Waals surface area contributed by atoms with Gasteiger partial charge < -0.3 is 11.1 Å². The maximum absolute atomic E-state index is 5.41. The summed E-state index contributed by atoms with van der Waals surface area (Å²) in [6.45, 7) is 1.48. The molecule has 0 aromatic carbocycles. The van der Waals surface area contributed by atoms with Gasteiger partial charge in [-0.25, -0.2) is 9.97 Å². The summed E-state index contributed by atoms with van der Waals surface area (Å²) in [6, 6.07) is 2.06. The maximum Gasteiger partial charge on any atom is 0.222 e. The van der Waals surface area contributed by atoms with Crippen LogP contribution in [0.4, 0.5) is 5.95 Å². The van der Waals surface area contributed by atoms with E-state index in [1.165, 1.54) is 0 Å². The summed E-state index contributed by atoms with van der Waals surface area (Å²) >= 11 is 5.10. The largest absolute Gasteiger partial charge is 0.354 e. The van der Waals surface area contributed by atoms with Gasteiger partial charge in [0.15, 0.2) is 0 Å². The van der Waals surface area contributed by atoms with Crippen molar-refractivity contribution < 1.29 is 0 Å². The van der Waals surface area contributed by atoms with Crippen molar-refractivity contribution in [3.8, 4) is 10.4 Å². The lowest BCUT2D eigenvalue weighted by Crippen LogP contribution is -2.10. The first-order valence-corrected chi connectivity index (χ1v) is 6.97. The van der Waals surface area contributed by atoms with Gasteiger partial charge in [0.05, 0.1) is 0 Å². The van der Waals surface area contributed by atoms with Gasteiger partial charge in [-0.1, -0.05) is 0 Å². The van der Waals surface area contributed by atoms with Gasteiger partial charge >= 0.3 is 0 Å². The Hall–Kier alpha value is -0.980. The number of hydrogen-bond acceptors (Lipinski definition) is 5. The highest BCUT2D eigenvalue weighted by Crippen LogP contribution is 2.28. The number of aromatic nitrogens is 2. The summed E-state index contributed by atoms with van der Waals surface area (Å²) < 4.78 is 1.09. The van der Waals surface area contributed by atoms with Crippen molar-refractivity contribution in [3.05, 3.63) is 28.3 Å². The van der Waals surface area contributed by atoms with E-state index in [0.717, 1.165) is 27.9 Å². The van der Waals surface area contributed by atoms with Gasteiger partial charge in [0.25, 0.3) is 0 Å². The molecule has 0 amide bonds. The molecule has 0 atom stereocenters. The third-order valence-electron chi connectivity index (χ3n) is 2.17. The fourth-order valence-electron chi connectivity index (χ4n) is 1.31. The van der Waals surface area contributed by atoms with Crippen molar-refractivity contribution in [3.63, 3.8) is 0 Å². The Kier molecular flexibility index (Phi) is 4.47. The predicted octanol–water partition coefficient (Wildman–Crippen LogP) is 2.73. The van der Waals surface area contributed by atoms with E-state index in [1.54, 1.807) is 11.3 Å². The Labute approximate surface area is 112 Å². The number of hydrogen-bond donors (Lipinski definition) is 2. The lowest BCUT2D eigenvalue weighted by atomic mass is 10.3. The third-order valence-corrected chi connectivity index (χ3v) is 3.91. The molecule has 0 saturated carbocycles. The van der Waals surface area contributed by atoms with Crippen LogP contribution in [0.25, 0.3) is 10.4 Å². The second kappa shape index (κ2) is 6.09. The van der Waals surface area contributed by atoms with Crippen molar-refractivity contribution in [1.29, 1.82) is 0 Å². The molecule has 4 nitrogen and oxygen atoms in total. The molecule has 90 valence electrons. The molecule has 0 fully saturated rings. The minimum absolute atomic E-state index is 0.651. The summed E-state index contributed by atoms with van der Waals surface area (Å²) in [5, 5.41) is 5.17. The standard InChI is InChI=1S/C11H13BrN4S/c12-9-4-10(17-7-9)8-5-15-11(16-6-8)14-3-1-2-13/h4-7H,1-3,13H2,(H,14,15,16).